The SMILES string of the molecule is O=C(NCC1(c2ccc(F)cc2)CCOCC1)c1cccc(S(=O)(=O)NCc2cccs2)c1. The first kappa shape index (κ1) is 23.6. The van der Waals surface area contributed by atoms with Gasteiger partial charge in [-0.3, -0.25) is 4.79 Å². The van der Waals surface area contributed by atoms with Crippen LogP contribution in [0.2, 0.25) is 0 Å². The van der Waals surface area contributed by atoms with Gasteiger partial charge in [-0.25, -0.2) is 17.5 Å². The number of hydrogen-bond acceptors (Lipinski definition) is 5. The second kappa shape index (κ2) is 10.1. The van der Waals surface area contributed by atoms with Crippen LogP contribution in [0.1, 0.15) is 33.6 Å². The summed E-state index contributed by atoms with van der Waals surface area (Å²) < 4.78 is 46.9. The van der Waals surface area contributed by atoms with Gasteiger partial charge in [0.05, 0.1) is 4.90 Å². The molecule has 9 heteroatoms. The van der Waals surface area contributed by atoms with Gasteiger partial charge in [-0.05, 0) is 60.2 Å². The van der Waals surface area contributed by atoms with Gasteiger partial charge in [0.25, 0.3) is 5.91 Å². The van der Waals surface area contributed by atoms with Crippen LogP contribution in [0, 0.1) is 5.82 Å². The molecule has 174 valence electrons. The molecule has 1 aromatic heterocycles. The number of ether oxygens (including phenoxy) is 1. The average Bonchev–Trinajstić information content (AvgIpc) is 3.36. The number of sulfonamides is 1. The number of halogens is 1. The van der Waals surface area contributed by atoms with Crippen molar-refractivity contribution in [2.45, 2.75) is 29.7 Å². The Morgan fingerprint density at radius 2 is 1.82 bits per heavy atom. The molecule has 0 radical (unpaired) electrons. The lowest BCUT2D eigenvalue weighted by Crippen LogP contribution is -2.44. The molecule has 4 rings (SSSR count). The molecule has 0 bridgehead atoms. The fourth-order valence-electron chi connectivity index (χ4n) is 3.95. The zero-order chi connectivity index (χ0) is 23.3. The number of thiophene rings is 1. The maximum Gasteiger partial charge on any atom is 0.251 e. The van der Waals surface area contributed by atoms with Gasteiger partial charge in [0.15, 0.2) is 0 Å². The first-order valence-corrected chi connectivity index (χ1v) is 13.0. The molecule has 2 aromatic carbocycles. The van der Waals surface area contributed by atoms with Gasteiger partial charge in [-0.15, -0.1) is 11.3 Å². The standard InChI is InChI=1S/C24H25FN2O4S2/c25-20-8-6-19(7-9-20)24(10-12-31-13-11-24)17-26-23(28)18-3-1-5-22(15-18)33(29,30)27-16-21-4-2-14-32-21/h1-9,14-15,27H,10-13,16-17H2,(H,26,28). The molecule has 33 heavy (non-hydrogen) atoms. The maximum absolute atomic E-state index is 13.4. The normalized spacial score (nSPS) is 15.8. The van der Waals surface area contributed by atoms with Crippen LogP contribution in [0.4, 0.5) is 4.39 Å². The van der Waals surface area contributed by atoms with Crippen LogP contribution < -0.4 is 10.0 Å². The van der Waals surface area contributed by atoms with Crippen LogP contribution in [0.5, 0.6) is 0 Å². The minimum atomic E-state index is -3.76. The molecule has 0 saturated carbocycles. The monoisotopic (exact) mass is 488 g/mol. The summed E-state index contributed by atoms with van der Waals surface area (Å²) in [7, 11) is -3.76. The minimum absolute atomic E-state index is 0.0334. The van der Waals surface area contributed by atoms with Crippen molar-refractivity contribution in [2.75, 3.05) is 19.8 Å². The fraction of sp³-hybridized carbons (Fsp3) is 0.292. The van der Waals surface area contributed by atoms with Crippen molar-refractivity contribution in [3.63, 3.8) is 0 Å². The van der Waals surface area contributed by atoms with E-state index in [-0.39, 0.29) is 34.1 Å². The summed E-state index contributed by atoms with van der Waals surface area (Å²) in [6.45, 7) is 1.64. The Morgan fingerprint density at radius 3 is 2.52 bits per heavy atom. The van der Waals surface area contributed by atoms with Crippen molar-refractivity contribution < 1.29 is 22.3 Å². The first-order valence-electron chi connectivity index (χ1n) is 10.6. The van der Waals surface area contributed by atoms with Crippen LogP contribution in [0.3, 0.4) is 0 Å². The molecule has 1 saturated heterocycles. The van der Waals surface area contributed by atoms with Crippen molar-refractivity contribution in [3.05, 3.63) is 87.9 Å². The largest absolute Gasteiger partial charge is 0.381 e. The number of amides is 1. The van der Waals surface area contributed by atoms with Crippen LogP contribution in [0.15, 0.2) is 70.9 Å². The quantitative estimate of drug-likeness (QED) is 0.505. The van der Waals surface area contributed by atoms with Crippen molar-refractivity contribution in [1.82, 2.24) is 10.0 Å². The third kappa shape index (κ3) is 5.67. The Labute approximate surface area is 196 Å². The maximum atomic E-state index is 13.4. The van der Waals surface area contributed by atoms with Crippen molar-refractivity contribution in [1.29, 1.82) is 0 Å². The lowest BCUT2D eigenvalue weighted by Gasteiger charge is -2.38. The zero-order valence-corrected chi connectivity index (χ0v) is 19.6. The molecule has 3 aromatic rings. The highest BCUT2D eigenvalue weighted by Gasteiger charge is 2.35. The summed E-state index contributed by atoms with van der Waals surface area (Å²) in [5.74, 6) is -0.672. The number of hydrogen-bond donors (Lipinski definition) is 2. The molecule has 1 aliphatic heterocycles. The topological polar surface area (TPSA) is 84.5 Å². The number of rotatable bonds is 8. The van der Waals surface area contributed by atoms with E-state index in [0.717, 1.165) is 10.4 Å². The smallest absolute Gasteiger partial charge is 0.251 e. The van der Waals surface area contributed by atoms with Gasteiger partial charge in [-0.2, -0.15) is 0 Å². The van der Waals surface area contributed by atoms with Crippen LogP contribution >= 0.6 is 11.3 Å². The third-order valence-electron chi connectivity index (χ3n) is 5.92. The highest BCUT2D eigenvalue weighted by molar-refractivity contribution is 7.89. The Balaban J connectivity index is 1.47. The van der Waals surface area contributed by atoms with Crippen molar-refractivity contribution >= 4 is 27.3 Å². The summed E-state index contributed by atoms with van der Waals surface area (Å²) in [6.07, 6.45) is 1.39. The average molecular weight is 489 g/mol. The van der Waals surface area contributed by atoms with Gasteiger partial charge in [0.2, 0.25) is 10.0 Å². The molecular weight excluding hydrogens is 463 g/mol. The number of carbonyl (C=O) groups excluding carboxylic acids is 1. The van der Waals surface area contributed by atoms with Crippen LogP contribution in [-0.2, 0) is 26.7 Å². The molecule has 0 spiro atoms. The molecule has 0 atom stereocenters. The predicted molar refractivity (Wildman–Crippen MR) is 125 cm³/mol. The summed E-state index contributed by atoms with van der Waals surface area (Å²) in [4.78, 5) is 13.9. The zero-order valence-electron chi connectivity index (χ0n) is 17.9. The molecule has 6 nitrogen and oxygen atoms in total. The van der Waals surface area contributed by atoms with E-state index in [0.29, 0.717) is 32.6 Å². The molecule has 0 aliphatic carbocycles. The minimum Gasteiger partial charge on any atom is -0.381 e. The predicted octanol–water partition coefficient (Wildman–Crippen LogP) is 3.84. The van der Waals surface area contributed by atoms with Gasteiger partial charge < -0.3 is 10.1 Å². The van der Waals surface area contributed by atoms with Gasteiger partial charge in [0, 0.05) is 42.2 Å². The highest BCUT2D eigenvalue weighted by atomic mass is 32.2. The Bertz CT molecular complexity index is 1190. The molecule has 1 fully saturated rings. The van der Waals surface area contributed by atoms with Crippen LogP contribution in [0.25, 0.3) is 0 Å². The second-order valence-corrected chi connectivity index (χ2v) is 10.8. The van der Waals surface area contributed by atoms with E-state index >= 15 is 0 Å². The van der Waals surface area contributed by atoms with Gasteiger partial charge in [-0.1, -0.05) is 24.3 Å². The molecular formula is C24H25FN2O4S2. The number of nitrogens with one attached hydrogen (secondary N) is 2. The Hall–Kier alpha value is -2.59. The van der Waals surface area contributed by atoms with Gasteiger partial charge in [0.1, 0.15) is 5.82 Å². The van der Waals surface area contributed by atoms with E-state index in [1.54, 1.807) is 24.3 Å². The van der Waals surface area contributed by atoms with E-state index < -0.39 is 10.0 Å². The van der Waals surface area contributed by atoms with E-state index in [1.807, 2.05) is 17.5 Å². The number of carbonyl (C=O) groups is 1. The molecule has 1 amide bonds. The summed E-state index contributed by atoms with van der Waals surface area (Å²) in [5, 5.41) is 4.83. The lowest BCUT2D eigenvalue weighted by molar-refractivity contribution is 0.0487. The summed E-state index contributed by atoms with van der Waals surface area (Å²) in [5.41, 5.74) is 0.838. The van der Waals surface area contributed by atoms with E-state index in [4.69, 9.17) is 4.74 Å². The van der Waals surface area contributed by atoms with Crippen LogP contribution in [-0.4, -0.2) is 34.1 Å². The Morgan fingerprint density at radius 1 is 1.06 bits per heavy atom. The van der Waals surface area contributed by atoms with Gasteiger partial charge >= 0.3 is 0 Å². The lowest BCUT2D eigenvalue weighted by atomic mass is 9.74. The van der Waals surface area contributed by atoms with Crippen molar-refractivity contribution in [3.8, 4) is 0 Å². The second-order valence-electron chi connectivity index (χ2n) is 8.01. The van der Waals surface area contributed by atoms with Crippen molar-refractivity contribution in [2.24, 2.45) is 0 Å². The van der Waals surface area contributed by atoms with E-state index in [2.05, 4.69) is 10.0 Å². The molecule has 2 N–H and O–H groups in total. The fourth-order valence-corrected chi connectivity index (χ4v) is 5.74. The highest BCUT2D eigenvalue weighted by Crippen LogP contribution is 2.34. The molecule has 1 aliphatic rings. The summed E-state index contributed by atoms with van der Waals surface area (Å²) in [6, 6.07) is 16.0. The number of benzene rings is 2. The van der Waals surface area contributed by atoms with E-state index in [1.165, 1.54) is 35.6 Å². The molecule has 0 unspecified atom stereocenters. The Kier molecular flexibility index (Phi) is 7.23. The third-order valence-corrected chi connectivity index (χ3v) is 8.19. The first-order chi connectivity index (χ1) is 15.9. The molecule has 2 heterocycles. The summed E-state index contributed by atoms with van der Waals surface area (Å²) >= 11 is 1.46. The van der Waals surface area contributed by atoms with E-state index in [9.17, 15) is 17.6 Å².